The smallest absolute Gasteiger partial charge is 0.434 e. The van der Waals surface area contributed by atoms with Crippen molar-refractivity contribution < 1.29 is 31.1 Å². The van der Waals surface area contributed by atoms with Crippen LogP contribution in [0, 0.1) is 0 Å². The molecule has 0 aromatic carbocycles. The van der Waals surface area contributed by atoms with E-state index in [2.05, 4.69) is 9.72 Å². The Morgan fingerprint density at radius 1 is 1.16 bits per heavy atom. The normalized spacial score (nSPS) is 14.6. The average Bonchev–Trinajstić information content (AvgIpc) is 2.23. The Morgan fingerprint density at radius 2 is 1.68 bits per heavy atom. The van der Waals surface area contributed by atoms with Gasteiger partial charge in [-0.15, -0.1) is 0 Å². The summed E-state index contributed by atoms with van der Waals surface area (Å²) in [5.41, 5.74) is 5.77. The van der Waals surface area contributed by atoms with Gasteiger partial charge in [0.1, 0.15) is 0 Å². The lowest BCUT2D eigenvalue weighted by molar-refractivity contribution is -0.300. The van der Waals surface area contributed by atoms with Crippen LogP contribution in [-0.2, 0) is 0 Å². The van der Waals surface area contributed by atoms with E-state index in [0.717, 1.165) is 12.3 Å². The Hall–Kier alpha value is -1.51. The van der Waals surface area contributed by atoms with Crippen molar-refractivity contribution in [2.45, 2.75) is 31.4 Å². The number of hydrogen-bond acceptors (Lipinski definition) is 3. The van der Waals surface area contributed by atoms with Crippen LogP contribution in [0.2, 0.25) is 0 Å². The van der Waals surface area contributed by atoms with E-state index in [9.17, 15) is 26.3 Å². The molecule has 0 bridgehead atoms. The van der Waals surface area contributed by atoms with Gasteiger partial charge in [-0.05, 0) is 18.6 Å². The number of nitrogens with two attached hydrogens (primary N) is 1. The summed E-state index contributed by atoms with van der Waals surface area (Å²) in [5.74, 6) is -0.783. The van der Waals surface area contributed by atoms with Crippen LogP contribution in [0.25, 0.3) is 0 Å². The Morgan fingerprint density at radius 3 is 2.11 bits per heavy atom. The van der Waals surface area contributed by atoms with E-state index in [-0.39, 0.29) is 0 Å². The van der Waals surface area contributed by atoms with Crippen molar-refractivity contribution in [3.8, 4) is 5.88 Å². The van der Waals surface area contributed by atoms with Crippen LogP contribution in [0.3, 0.4) is 0 Å². The van der Waals surface area contributed by atoms with E-state index in [4.69, 9.17) is 5.73 Å². The second-order valence-electron chi connectivity index (χ2n) is 3.80. The molecule has 1 unspecified atom stereocenters. The van der Waals surface area contributed by atoms with Gasteiger partial charge in [0.15, 0.2) is 0 Å². The molecule has 1 rings (SSSR count). The van der Waals surface area contributed by atoms with Crippen molar-refractivity contribution in [2.75, 3.05) is 0 Å². The summed E-state index contributed by atoms with van der Waals surface area (Å²) in [5, 5.41) is 0. The third kappa shape index (κ3) is 4.27. The topological polar surface area (TPSA) is 48.1 Å². The molecule has 3 nitrogen and oxygen atoms in total. The Labute approximate surface area is 104 Å². The van der Waals surface area contributed by atoms with Crippen LogP contribution in [0.5, 0.6) is 5.88 Å². The molecule has 0 radical (unpaired) electrons. The highest BCUT2D eigenvalue weighted by Gasteiger charge is 2.59. The van der Waals surface area contributed by atoms with E-state index < -0.39 is 30.4 Å². The number of nitrogens with zero attached hydrogens (tertiary/aromatic N) is 1. The Bertz CT molecular complexity index is 415. The minimum absolute atomic E-state index is 0.313. The predicted molar refractivity (Wildman–Crippen MR) is 53.4 cm³/mol. The maximum atomic E-state index is 12.3. The maximum Gasteiger partial charge on any atom is 0.434 e. The van der Waals surface area contributed by atoms with Gasteiger partial charge in [0.2, 0.25) is 5.88 Å². The van der Waals surface area contributed by atoms with Gasteiger partial charge in [0.05, 0.1) is 0 Å². The average molecular weight is 288 g/mol. The molecule has 0 spiro atoms. The SMILES string of the molecule is CC(N)c1ccnc(OC(C(F)(F)F)C(F)(F)F)c1. The molecular weight excluding hydrogens is 278 g/mol. The van der Waals surface area contributed by atoms with Gasteiger partial charge in [-0.1, -0.05) is 0 Å². The third-order valence-corrected chi connectivity index (χ3v) is 2.12. The first-order valence-electron chi connectivity index (χ1n) is 5.03. The fourth-order valence-corrected chi connectivity index (χ4v) is 1.21. The highest BCUT2D eigenvalue weighted by Crippen LogP contribution is 2.36. The van der Waals surface area contributed by atoms with Crippen molar-refractivity contribution in [3.63, 3.8) is 0 Å². The summed E-state index contributed by atoms with van der Waals surface area (Å²) in [7, 11) is 0. The van der Waals surface area contributed by atoms with Crippen LogP contribution in [0.15, 0.2) is 18.3 Å². The summed E-state index contributed by atoms with van der Waals surface area (Å²) in [6, 6.07) is 1.74. The molecule has 1 atom stereocenters. The highest BCUT2D eigenvalue weighted by molar-refractivity contribution is 5.23. The first-order chi connectivity index (χ1) is 8.51. The summed E-state index contributed by atoms with van der Waals surface area (Å²) >= 11 is 0. The summed E-state index contributed by atoms with van der Waals surface area (Å²) in [6.07, 6.45) is -14.1. The van der Waals surface area contributed by atoms with Crippen molar-refractivity contribution in [1.82, 2.24) is 4.98 Å². The number of alkyl halides is 6. The molecule has 0 aliphatic rings. The molecule has 0 aliphatic carbocycles. The lowest BCUT2D eigenvalue weighted by atomic mass is 10.1. The van der Waals surface area contributed by atoms with Gasteiger partial charge >= 0.3 is 12.4 Å². The van der Waals surface area contributed by atoms with Crippen molar-refractivity contribution >= 4 is 0 Å². The monoisotopic (exact) mass is 288 g/mol. The van der Waals surface area contributed by atoms with Gasteiger partial charge in [-0.3, -0.25) is 0 Å². The lowest BCUT2D eigenvalue weighted by Crippen LogP contribution is -2.46. The fourth-order valence-electron chi connectivity index (χ4n) is 1.21. The Kier molecular flexibility index (Phi) is 4.28. The van der Waals surface area contributed by atoms with Crippen LogP contribution in [-0.4, -0.2) is 23.4 Å². The molecule has 2 N–H and O–H groups in total. The number of ether oxygens (including phenoxy) is 1. The maximum absolute atomic E-state index is 12.3. The van der Waals surface area contributed by atoms with Gasteiger partial charge < -0.3 is 10.5 Å². The first-order valence-corrected chi connectivity index (χ1v) is 5.03. The zero-order chi connectivity index (χ0) is 14.8. The van der Waals surface area contributed by atoms with E-state index in [0.29, 0.717) is 5.56 Å². The van der Waals surface area contributed by atoms with Crippen LogP contribution >= 0.6 is 0 Å². The second-order valence-corrected chi connectivity index (χ2v) is 3.80. The molecule has 0 aliphatic heterocycles. The molecule has 1 aromatic rings. The van der Waals surface area contributed by atoms with Crippen molar-refractivity contribution in [3.05, 3.63) is 23.9 Å². The molecule has 0 saturated heterocycles. The van der Waals surface area contributed by atoms with Crippen LogP contribution in [0.4, 0.5) is 26.3 Å². The molecule has 0 fully saturated rings. The molecule has 1 heterocycles. The number of rotatable bonds is 3. The van der Waals surface area contributed by atoms with Crippen molar-refractivity contribution in [1.29, 1.82) is 0 Å². The standard InChI is InChI=1S/C10H10F6N2O/c1-5(17)6-2-3-18-7(4-6)19-8(9(11,12)13)10(14,15)16/h2-5,8H,17H2,1H3. The van der Waals surface area contributed by atoms with E-state index >= 15 is 0 Å². The molecule has 1 aromatic heterocycles. The third-order valence-electron chi connectivity index (χ3n) is 2.12. The van der Waals surface area contributed by atoms with E-state index in [1.165, 1.54) is 13.0 Å². The molecule has 108 valence electrons. The van der Waals surface area contributed by atoms with E-state index in [1.807, 2.05) is 0 Å². The van der Waals surface area contributed by atoms with Crippen LogP contribution < -0.4 is 10.5 Å². The molecule has 0 amide bonds. The summed E-state index contributed by atoms with van der Waals surface area (Å²) in [4.78, 5) is 3.31. The van der Waals surface area contributed by atoms with Gasteiger partial charge in [-0.2, -0.15) is 26.3 Å². The number of aromatic nitrogens is 1. The fraction of sp³-hybridized carbons (Fsp3) is 0.500. The summed E-state index contributed by atoms with van der Waals surface area (Å²) in [6.45, 7) is 1.52. The molecule has 9 heteroatoms. The summed E-state index contributed by atoms with van der Waals surface area (Å²) < 4.78 is 77.5. The lowest BCUT2D eigenvalue weighted by Gasteiger charge is -2.23. The van der Waals surface area contributed by atoms with E-state index in [1.54, 1.807) is 0 Å². The minimum Gasteiger partial charge on any atom is -0.455 e. The van der Waals surface area contributed by atoms with Gasteiger partial charge in [0, 0.05) is 18.3 Å². The molecule has 0 saturated carbocycles. The second kappa shape index (κ2) is 5.24. The zero-order valence-corrected chi connectivity index (χ0v) is 9.59. The number of halogens is 6. The predicted octanol–water partition coefficient (Wildman–Crippen LogP) is 2.97. The highest BCUT2D eigenvalue weighted by atomic mass is 19.4. The number of pyridine rings is 1. The minimum atomic E-state index is -5.58. The number of hydrogen-bond donors (Lipinski definition) is 1. The largest absolute Gasteiger partial charge is 0.455 e. The molecule has 19 heavy (non-hydrogen) atoms. The van der Waals surface area contributed by atoms with Gasteiger partial charge in [-0.25, -0.2) is 4.98 Å². The molecular formula is C10H10F6N2O. The van der Waals surface area contributed by atoms with Crippen LogP contribution in [0.1, 0.15) is 18.5 Å². The van der Waals surface area contributed by atoms with Crippen molar-refractivity contribution in [2.24, 2.45) is 5.73 Å². The Balaban J connectivity index is 3.01. The van der Waals surface area contributed by atoms with Gasteiger partial charge in [0.25, 0.3) is 6.10 Å². The quantitative estimate of drug-likeness (QED) is 0.870. The zero-order valence-electron chi connectivity index (χ0n) is 9.59. The first kappa shape index (κ1) is 15.5.